The van der Waals surface area contributed by atoms with Crippen molar-refractivity contribution in [3.05, 3.63) is 42.1 Å². The van der Waals surface area contributed by atoms with Crippen LogP contribution in [0.1, 0.15) is 38.8 Å². The molecule has 2 aromatic rings. The van der Waals surface area contributed by atoms with E-state index >= 15 is 0 Å². The third kappa shape index (κ3) is 5.01. The predicted octanol–water partition coefficient (Wildman–Crippen LogP) is 0.665. The van der Waals surface area contributed by atoms with Crippen LogP contribution in [-0.4, -0.2) is 68.0 Å². The fourth-order valence-electron chi connectivity index (χ4n) is 4.00. The quantitative estimate of drug-likeness (QED) is 0.474. The first kappa shape index (κ1) is 23.9. The van der Waals surface area contributed by atoms with Crippen molar-refractivity contribution in [2.45, 2.75) is 58.0 Å². The van der Waals surface area contributed by atoms with Crippen molar-refractivity contribution in [2.24, 2.45) is 11.7 Å². The van der Waals surface area contributed by atoms with Gasteiger partial charge in [-0.15, -0.1) is 0 Å². The number of aliphatic hydroxyl groups is 2. The van der Waals surface area contributed by atoms with Crippen molar-refractivity contribution in [2.75, 3.05) is 13.2 Å². The summed E-state index contributed by atoms with van der Waals surface area (Å²) in [7, 11) is 0. The monoisotopic (exact) mass is 443 g/mol. The minimum absolute atomic E-state index is 0.0704. The summed E-state index contributed by atoms with van der Waals surface area (Å²) in [5.41, 5.74) is 8.70. The van der Waals surface area contributed by atoms with Gasteiger partial charge in [-0.1, -0.05) is 38.1 Å². The molecule has 0 aliphatic carbocycles. The first-order chi connectivity index (χ1) is 15.3. The molecule has 174 valence electrons. The average molecular weight is 444 g/mol. The molecule has 3 rings (SSSR count). The molecule has 0 unspecified atom stereocenters. The van der Waals surface area contributed by atoms with E-state index in [1.807, 2.05) is 55.8 Å². The van der Waals surface area contributed by atoms with Gasteiger partial charge in [-0.25, -0.2) is 0 Å². The summed E-state index contributed by atoms with van der Waals surface area (Å²) in [4.78, 5) is 27.1. The number of hydrogen-bond acceptors (Lipinski definition) is 6. The number of nitrogens with one attached hydrogen (secondary N) is 1. The Kier molecular flexibility index (Phi) is 7.65. The molecule has 0 bridgehead atoms. The smallest absolute Gasteiger partial charge is 0.243 e. The molecule has 9 heteroatoms. The zero-order valence-electron chi connectivity index (χ0n) is 18.8. The SMILES string of the molecule is CCn1nccc1-c1ccc([C@H](CO)NC(=O)[C@@H]2C[C@@H](O)CN2C(=O)[C@@H](N)C(C)C)cc1. The molecule has 1 aliphatic rings. The molecular formula is C23H33N5O4. The summed E-state index contributed by atoms with van der Waals surface area (Å²) in [5, 5.41) is 27.1. The van der Waals surface area contributed by atoms with Crippen LogP contribution in [0.3, 0.4) is 0 Å². The Bertz CT molecular complexity index is 927. The summed E-state index contributed by atoms with van der Waals surface area (Å²) < 4.78 is 1.89. The highest BCUT2D eigenvalue weighted by molar-refractivity contribution is 5.90. The van der Waals surface area contributed by atoms with Gasteiger partial charge < -0.3 is 26.2 Å². The minimum Gasteiger partial charge on any atom is -0.394 e. The van der Waals surface area contributed by atoms with Crippen molar-refractivity contribution in [3.8, 4) is 11.3 Å². The Morgan fingerprint density at radius 3 is 2.53 bits per heavy atom. The zero-order chi connectivity index (χ0) is 23.4. The molecule has 1 aromatic carbocycles. The van der Waals surface area contributed by atoms with Gasteiger partial charge in [0.25, 0.3) is 0 Å². The summed E-state index contributed by atoms with van der Waals surface area (Å²) >= 11 is 0. The summed E-state index contributed by atoms with van der Waals surface area (Å²) in [6, 6.07) is 7.27. The number of likely N-dealkylation sites (tertiary alicyclic amines) is 1. The van der Waals surface area contributed by atoms with Gasteiger partial charge in [0.2, 0.25) is 11.8 Å². The number of hydrogen-bond donors (Lipinski definition) is 4. The van der Waals surface area contributed by atoms with Crippen LogP contribution in [-0.2, 0) is 16.1 Å². The molecule has 1 aliphatic heterocycles. The zero-order valence-corrected chi connectivity index (χ0v) is 18.8. The predicted molar refractivity (Wildman–Crippen MR) is 120 cm³/mol. The second-order valence-electron chi connectivity index (χ2n) is 8.56. The van der Waals surface area contributed by atoms with Crippen LogP contribution in [0.2, 0.25) is 0 Å². The number of carbonyl (C=O) groups excluding carboxylic acids is 2. The van der Waals surface area contributed by atoms with E-state index < -0.39 is 30.1 Å². The summed E-state index contributed by atoms with van der Waals surface area (Å²) in [6.45, 7) is 6.21. The van der Waals surface area contributed by atoms with Crippen LogP contribution < -0.4 is 11.1 Å². The van der Waals surface area contributed by atoms with Crippen LogP contribution in [0.5, 0.6) is 0 Å². The molecule has 0 radical (unpaired) electrons. The number of rotatable bonds is 8. The number of aromatic nitrogens is 2. The Morgan fingerprint density at radius 2 is 1.94 bits per heavy atom. The minimum atomic E-state index is -0.825. The van der Waals surface area contributed by atoms with Gasteiger partial charge >= 0.3 is 0 Å². The van der Waals surface area contributed by atoms with Crippen molar-refractivity contribution < 1.29 is 19.8 Å². The average Bonchev–Trinajstić information content (AvgIpc) is 3.42. The highest BCUT2D eigenvalue weighted by Gasteiger charge is 2.41. The van der Waals surface area contributed by atoms with E-state index in [9.17, 15) is 19.8 Å². The van der Waals surface area contributed by atoms with E-state index in [0.29, 0.717) is 0 Å². The maximum Gasteiger partial charge on any atom is 0.243 e. The molecule has 4 atom stereocenters. The standard InChI is InChI=1S/C23H33N5O4/c1-4-28-19(9-10-25-28)16-7-5-15(6-8-16)18(13-29)26-22(31)20-11-17(30)12-27(20)23(32)21(24)14(2)3/h5-10,14,17-18,20-21,29-30H,4,11-13,24H2,1-3H3,(H,26,31)/t17-,18+,20+,21+/m1/s1. The number of nitrogens with zero attached hydrogens (tertiary/aromatic N) is 3. The maximum absolute atomic E-state index is 13.0. The van der Waals surface area contributed by atoms with Gasteiger partial charge in [-0.3, -0.25) is 14.3 Å². The third-order valence-electron chi connectivity index (χ3n) is 5.99. The van der Waals surface area contributed by atoms with Crippen LogP contribution in [0, 0.1) is 5.92 Å². The van der Waals surface area contributed by atoms with Crippen molar-refractivity contribution in [3.63, 3.8) is 0 Å². The first-order valence-corrected chi connectivity index (χ1v) is 11.0. The van der Waals surface area contributed by atoms with Crippen molar-refractivity contribution in [1.29, 1.82) is 0 Å². The molecule has 0 saturated carbocycles. The summed E-state index contributed by atoms with van der Waals surface area (Å²) in [6.07, 6.45) is 1.10. The number of aliphatic hydroxyl groups excluding tert-OH is 2. The van der Waals surface area contributed by atoms with Crippen LogP contribution in [0.4, 0.5) is 0 Å². The molecular weight excluding hydrogens is 410 g/mol. The van der Waals surface area contributed by atoms with E-state index in [-0.39, 0.29) is 31.4 Å². The van der Waals surface area contributed by atoms with Crippen LogP contribution in [0.25, 0.3) is 11.3 Å². The molecule has 1 fully saturated rings. The fourth-order valence-corrected chi connectivity index (χ4v) is 4.00. The number of aryl methyl sites for hydroxylation is 1. The van der Waals surface area contributed by atoms with E-state index in [1.54, 1.807) is 6.20 Å². The van der Waals surface area contributed by atoms with Gasteiger partial charge in [0.15, 0.2) is 0 Å². The number of carbonyl (C=O) groups is 2. The lowest BCUT2D eigenvalue weighted by molar-refractivity contribution is -0.140. The second kappa shape index (κ2) is 10.2. The fraction of sp³-hybridized carbons (Fsp3) is 0.522. The van der Waals surface area contributed by atoms with Crippen LogP contribution in [0.15, 0.2) is 36.5 Å². The first-order valence-electron chi connectivity index (χ1n) is 11.0. The normalized spacial score (nSPS) is 20.4. The number of nitrogens with two attached hydrogens (primary N) is 1. The molecule has 9 nitrogen and oxygen atoms in total. The van der Waals surface area contributed by atoms with Gasteiger partial charge in [0, 0.05) is 25.7 Å². The number of benzene rings is 1. The maximum atomic E-state index is 13.0. The molecule has 2 heterocycles. The summed E-state index contributed by atoms with van der Waals surface area (Å²) in [5.74, 6) is -0.858. The van der Waals surface area contributed by atoms with Gasteiger partial charge in [0.1, 0.15) is 6.04 Å². The Morgan fingerprint density at radius 1 is 1.25 bits per heavy atom. The van der Waals surface area contributed by atoms with E-state index in [2.05, 4.69) is 10.4 Å². The Hall–Kier alpha value is -2.75. The lowest BCUT2D eigenvalue weighted by atomic mass is 10.0. The Labute approximate surface area is 188 Å². The second-order valence-corrected chi connectivity index (χ2v) is 8.56. The molecule has 1 aromatic heterocycles. The van der Waals surface area contributed by atoms with Crippen molar-refractivity contribution >= 4 is 11.8 Å². The topological polar surface area (TPSA) is 134 Å². The van der Waals surface area contributed by atoms with Crippen molar-refractivity contribution in [1.82, 2.24) is 20.0 Å². The van der Waals surface area contributed by atoms with E-state index in [0.717, 1.165) is 23.4 Å². The lowest BCUT2D eigenvalue weighted by Gasteiger charge is -2.29. The highest BCUT2D eigenvalue weighted by Crippen LogP contribution is 2.24. The lowest BCUT2D eigenvalue weighted by Crippen LogP contribution is -2.53. The molecule has 5 N–H and O–H groups in total. The van der Waals surface area contributed by atoms with Gasteiger partial charge in [-0.05, 0) is 30.0 Å². The number of β-amino-alcohol motifs (C(OH)–C–C–N with tert-alkyl or cyclic N) is 1. The largest absolute Gasteiger partial charge is 0.394 e. The highest BCUT2D eigenvalue weighted by atomic mass is 16.3. The number of amides is 2. The van der Waals surface area contributed by atoms with E-state index in [1.165, 1.54) is 4.90 Å². The van der Waals surface area contributed by atoms with E-state index in [4.69, 9.17) is 5.73 Å². The van der Waals surface area contributed by atoms with Crippen LogP contribution >= 0.6 is 0 Å². The van der Waals surface area contributed by atoms with Gasteiger partial charge in [0.05, 0.1) is 30.5 Å². The molecule has 2 amide bonds. The Balaban J connectivity index is 1.73. The van der Waals surface area contributed by atoms with Gasteiger partial charge in [-0.2, -0.15) is 5.10 Å². The molecule has 32 heavy (non-hydrogen) atoms. The third-order valence-corrected chi connectivity index (χ3v) is 5.99. The molecule has 0 spiro atoms. The molecule has 1 saturated heterocycles.